The maximum absolute atomic E-state index is 13.3. The topological polar surface area (TPSA) is 139 Å². The Balaban J connectivity index is 1.36. The third-order valence-electron chi connectivity index (χ3n) is 6.96. The van der Waals surface area contributed by atoms with E-state index in [1.807, 2.05) is 12.1 Å². The number of nitrogens with one attached hydrogen (secondary N) is 1. The van der Waals surface area contributed by atoms with E-state index in [2.05, 4.69) is 5.32 Å². The minimum absolute atomic E-state index is 0.0650. The molecule has 2 aromatic carbocycles. The Kier molecular flexibility index (Phi) is 7.62. The van der Waals surface area contributed by atoms with Gasteiger partial charge in [0.05, 0.1) is 16.5 Å². The third kappa shape index (κ3) is 5.00. The first-order chi connectivity index (χ1) is 18.6. The number of carbonyl (C=O) groups excluding carboxylic acids is 2. The van der Waals surface area contributed by atoms with E-state index in [0.29, 0.717) is 55.0 Å². The number of thiophene rings is 1. The van der Waals surface area contributed by atoms with E-state index in [-0.39, 0.29) is 33.4 Å². The summed E-state index contributed by atoms with van der Waals surface area (Å²) in [5, 5.41) is 15.6. The van der Waals surface area contributed by atoms with Gasteiger partial charge >= 0.3 is 0 Å². The lowest BCUT2D eigenvalue weighted by Crippen LogP contribution is -2.43. The molecule has 11 nitrogen and oxygen atoms in total. The van der Waals surface area contributed by atoms with Gasteiger partial charge in [0.15, 0.2) is 4.34 Å². The Morgan fingerprint density at radius 3 is 2.82 bits per heavy atom. The Labute approximate surface area is 233 Å². The van der Waals surface area contributed by atoms with E-state index < -0.39 is 26.6 Å². The van der Waals surface area contributed by atoms with Gasteiger partial charge in [0.25, 0.3) is 21.6 Å². The lowest BCUT2D eigenvalue weighted by Gasteiger charge is -2.30. The minimum atomic E-state index is -4.07. The van der Waals surface area contributed by atoms with Crippen molar-refractivity contribution in [3.63, 3.8) is 0 Å². The van der Waals surface area contributed by atoms with Crippen molar-refractivity contribution in [1.29, 1.82) is 0 Å². The van der Waals surface area contributed by atoms with Gasteiger partial charge in [-0.3, -0.25) is 19.7 Å². The first-order valence-corrected chi connectivity index (χ1v) is 14.9. The number of sulfonamides is 1. The molecule has 1 saturated heterocycles. The van der Waals surface area contributed by atoms with Crippen LogP contribution >= 0.6 is 22.9 Å². The number of hydrogen-bond acceptors (Lipinski definition) is 8. The average molecular weight is 593 g/mol. The number of methoxy groups -OCH3 is 1. The standard InChI is InChI=1S/C25H25ClN4O7S2/c1-37-12-4-11-29-19-9-8-18(16-6-2-7-17(22(16)19)25(29)32)27-24(31)15-5-3-10-28(14-15)39(35,36)21-13-20(30(33)34)23(26)38-21/h2,6-9,13,15H,3-5,10-12,14H2,1H3,(H,27,31). The summed E-state index contributed by atoms with van der Waals surface area (Å²) < 4.78 is 32.2. The molecular formula is C25H25ClN4O7S2. The fraction of sp³-hybridized carbons (Fsp3) is 0.360. The van der Waals surface area contributed by atoms with Crippen molar-refractivity contribution < 1.29 is 27.7 Å². The number of halogens is 1. The molecule has 1 aromatic heterocycles. The van der Waals surface area contributed by atoms with Crippen molar-refractivity contribution in [1.82, 2.24) is 4.31 Å². The lowest BCUT2D eigenvalue weighted by molar-refractivity contribution is -0.384. The number of benzene rings is 2. The van der Waals surface area contributed by atoms with Crippen molar-refractivity contribution >= 4 is 72.6 Å². The molecule has 1 N–H and O–H groups in total. The van der Waals surface area contributed by atoms with E-state index in [1.54, 1.807) is 30.2 Å². The van der Waals surface area contributed by atoms with Crippen LogP contribution in [0.4, 0.5) is 17.1 Å². The molecule has 0 saturated carbocycles. The van der Waals surface area contributed by atoms with E-state index in [4.69, 9.17) is 16.3 Å². The summed E-state index contributed by atoms with van der Waals surface area (Å²) in [5.41, 5.74) is 1.41. The molecule has 0 bridgehead atoms. The Morgan fingerprint density at radius 2 is 2.10 bits per heavy atom. The molecule has 2 aliphatic heterocycles. The van der Waals surface area contributed by atoms with Crippen molar-refractivity contribution in [3.05, 3.63) is 56.4 Å². The minimum Gasteiger partial charge on any atom is -0.385 e. The van der Waals surface area contributed by atoms with Crippen LogP contribution in [0.15, 0.2) is 40.6 Å². The van der Waals surface area contributed by atoms with Crippen LogP contribution < -0.4 is 10.2 Å². The van der Waals surface area contributed by atoms with Gasteiger partial charge in [-0.05, 0) is 37.5 Å². The molecule has 1 fully saturated rings. The highest BCUT2D eigenvalue weighted by Crippen LogP contribution is 2.41. The maximum Gasteiger partial charge on any atom is 0.300 e. The second-order valence-electron chi connectivity index (χ2n) is 9.34. The molecule has 39 heavy (non-hydrogen) atoms. The van der Waals surface area contributed by atoms with Gasteiger partial charge in [-0.15, -0.1) is 11.3 Å². The first-order valence-electron chi connectivity index (χ1n) is 12.2. The lowest BCUT2D eigenvalue weighted by atomic mass is 9.98. The average Bonchev–Trinajstić information content (AvgIpc) is 3.45. The fourth-order valence-corrected chi connectivity index (χ4v) is 8.41. The quantitative estimate of drug-likeness (QED) is 0.219. The first kappa shape index (κ1) is 27.5. The largest absolute Gasteiger partial charge is 0.385 e. The monoisotopic (exact) mass is 592 g/mol. The van der Waals surface area contributed by atoms with Crippen molar-refractivity contribution in [2.24, 2.45) is 5.92 Å². The zero-order valence-electron chi connectivity index (χ0n) is 20.9. The van der Waals surface area contributed by atoms with Crippen LogP contribution in [0.25, 0.3) is 10.8 Å². The number of amides is 2. The number of piperidine rings is 1. The van der Waals surface area contributed by atoms with Gasteiger partial charge in [-0.1, -0.05) is 23.7 Å². The number of ether oxygens (including phenoxy) is 1. The van der Waals surface area contributed by atoms with Crippen LogP contribution in [-0.2, 0) is 19.6 Å². The number of carbonyl (C=O) groups is 2. The van der Waals surface area contributed by atoms with Crippen molar-refractivity contribution in [2.45, 2.75) is 23.5 Å². The van der Waals surface area contributed by atoms with Gasteiger partial charge in [-0.25, -0.2) is 8.42 Å². The summed E-state index contributed by atoms with van der Waals surface area (Å²) in [6.07, 6.45) is 1.62. The van der Waals surface area contributed by atoms with Crippen LogP contribution in [0, 0.1) is 16.0 Å². The van der Waals surface area contributed by atoms with Crippen LogP contribution in [0.1, 0.15) is 29.6 Å². The Bertz CT molecular complexity index is 1590. The summed E-state index contributed by atoms with van der Waals surface area (Å²) in [7, 11) is -2.45. The third-order valence-corrected chi connectivity index (χ3v) is 10.6. The van der Waals surface area contributed by atoms with Gasteiger partial charge in [0.2, 0.25) is 5.91 Å². The molecule has 14 heteroatoms. The second-order valence-corrected chi connectivity index (χ2v) is 13.2. The molecule has 1 unspecified atom stereocenters. The normalized spacial score (nSPS) is 17.6. The second kappa shape index (κ2) is 10.8. The predicted molar refractivity (Wildman–Crippen MR) is 148 cm³/mol. The molecule has 0 radical (unpaired) electrons. The summed E-state index contributed by atoms with van der Waals surface area (Å²) in [6.45, 7) is 1.16. The highest BCUT2D eigenvalue weighted by Gasteiger charge is 2.36. The number of anilines is 2. The zero-order valence-corrected chi connectivity index (χ0v) is 23.3. The number of rotatable bonds is 9. The van der Waals surface area contributed by atoms with Gasteiger partial charge < -0.3 is 15.0 Å². The highest BCUT2D eigenvalue weighted by atomic mass is 35.5. The van der Waals surface area contributed by atoms with Crippen LogP contribution in [0.3, 0.4) is 0 Å². The van der Waals surface area contributed by atoms with Gasteiger partial charge in [0.1, 0.15) is 4.21 Å². The summed E-state index contributed by atoms with van der Waals surface area (Å²) >= 11 is 6.51. The van der Waals surface area contributed by atoms with E-state index in [0.717, 1.165) is 22.5 Å². The number of hydrogen-bond donors (Lipinski definition) is 1. The molecule has 2 amide bonds. The molecular weight excluding hydrogens is 568 g/mol. The highest BCUT2D eigenvalue weighted by molar-refractivity contribution is 7.91. The van der Waals surface area contributed by atoms with E-state index >= 15 is 0 Å². The molecule has 206 valence electrons. The molecule has 0 aliphatic carbocycles. The van der Waals surface area contributed by atoms with Gasteiger partial charge in [-0.2, -0.15) is 4.31 Å². The SMILES string of the molecule is COCCCN1C(=O)c2cccc3c(NC(=O)C4CCCN(S(=O)(=O)c5cc([N+](=O)[O-])c(Cl)s5)C4)ccc1c23. The van der Waals surface area contributed by atoms with Crippen molar-refractivity contribution in [2.75, 3.05) is 43.6 Å². The van der Waals surface area contributed by atoms with Crippen LogP contribution in [-0.4, -0.2) is 62.8 Å². The molecule has 5 rings (SSSR count). The summed E-state index contributed by atoms with van der Waals surface area (Å²) in [5.74, 6) is -1.07. The molecule has 3 aromatic rings. The van der Waals surface area contributed by atoms with Crippen LogP contribution in [0.5, 0.6) is 0 Å². The van der Waals surface area contributed by atoms with E-state index in [1.165, 1.54) is 4.31 Å². The zero-order chi connectivity index (χ0) is 27.9. The smallest absolute Gasteiger partial charge is 0.300 e. The van der Waals surface area contributed by atoms with E-state index in [9.17, 15) is 28.1 Å². The molecule has 2 aliphatic rings. The fourth-order valence-electron chi connectivity index (χ4n) is 5.07. The van der Waals surface area contributed by atoms with Crippen LogP contribution in [0.2, 0.25) is 4.34 Å². The number of nitrogens with zero attached hydrogens (tertiary/aromatic N) is 3. The number of nitro groups is 1. The Morgan fingerprint density at radius 1 is 1.31 bits per heavy atom. The predicted octanol–water partition coefficient (Wildman–Crippen LogP) is 4.50. The summed E-state index contributed by atoms with van der Waals surface area (Å²) in [4.78, 5) is 38.5. The Hall–Kier alpha value is -3.10. The maximum atomic E-state index is 13.3. The molecule has 3 heterocycles. The van der Waals surface area contributed by atoms with Crippen molar-refractivity contribution in [3.8, 4) is 0 Å². The molecule has 0 spiro atoms. The summed E-state index contributed by atoms with van der Waals surface area (Å²) in [6, 6.07) is 9.90. The molecule has 1 atom stereocenters. The van der Waals surface area contributed by atoms with Gasteiger partial charge in [0, 0.05) is 61.4 Å².